The Balaban J connectivity index is 1.60. The number of ketones is 1. The molecule has 0 amide bonds. The monoisotopic (exact) mass is 392 g/mol. The minimum Gasteiger partial charge on any atom is -0.353 e. The van der Waals surface area contributed by atoms with Gasteiger partial charge in [-0.15, -0.1) is 0 Å². The van der Waals surface area contributed by atoms with Crippen molar-refractivity contribution in [1.82, 2.24) is 9.47 Å². The Bertz CT molecular complexity index is 825. The van der Waals surface area contributed by atoms with Crippen LogP contribution in [0.2, 0.25) is 0 Å². The molecule has 0 saturated carbocycles. The molecule has 6 heteroatoms. The highest BCUT2D eigenvalue weighted by Gasteiger charge is 2.33. The molecule has 3 rings (SSSR count). The summed E-state index contributed by atoms with van der Waals surface area (Å²) in [7, 11) is 1.94. The molecule has 1 aliphatic rings. The second-order valence-corrected chi connectivity index (χ2v) is 7.82. The van der Waals surface area contributed by atoms with Crippen molar-refractivity contribution in [3.8, 4) is 0 Å². The van der Waals surface area contributed by atoms with Crippen LogP contribution in [0.15, 0.2) is 36.5 Å². The molecule has 1 aromatic heterocycles. The van der Waals surface area contributed by atoms with Gasteiger partial charge < -0.3 is 4.57 Å². The van der Waals surface area contributed by atoms with Crippen molar-refractivity contribution >= 4 is 5.78 Å². The number of hydrogen-bond acceptors (Lipinski definition) is 2. The van der Waals surface area contributed by atoms with E-state index < -0.39 is 11.7 Å². The standard InChI is InChI=1S/C22H27F3N2O/c1-16(28)19-12-20(26(2)14-19)15-27-11-5-6-17(13-27)9-10-18-7-3-4-8-21(18)22(23,24)25/h3-4,7-8,12,14,17H,5-6,9-11,13,15H2,1-2H3/t17-/m1/s1. The van der Waals surface area contributed by atoms with Crippen LogP contribution in [0.5, 0.6) is 0 Å². The van der Waals surface area contributed by atoms with Crippen LogP contribution in [0.3, 0.4) is 0 Å². The molecule has 1 aliphatic heterocycles. The van der Waals surface area contributed by atoms with Crippen molar-refractivity contribution in [3.05, 3.63) is 58.9 Å². The lowest BCUT2D eigenvalue weighted by atomic mass is 9.90. The van der Waals surface area contributed by atoms with E-state index in [1.54, 1.807) is 19.1 Å². The predicted molar refractivity (Wildman–Crippen MR) is 103 cm³/mol. The van der Waals surface area contributed by atoms with Gasteiger partial charge in [-0.05, 0) is 62.8 Å². The number of nitrogens with zero attached hydrogens (tertiary/aromatic N) is 2. The zero-order chi connectivity index (χ0) is 20.3. The fourth-order valence-electron chi connectivity index (χ4n) is 4.09. The molecule has 0 aliphatic carbocycles. The lowest BCUT2D eigenvalue weighted by Gasteiger charge is -2.33. The molecular formula is C22H27F3N2O. The van der Waals surface area contributed by atoms with Crippen molar-refractivity contribution in [2.24, 2.45) is 13.0 Å². The number of aromatic nitrogens is 1. The quantitative estimate of drug-likeness (QED) is 0.640. The molecule has 0 unspecified atom stereocenters. The molecule has 1 saturated heterocycles. The van der Waals surface area contributed by atoms with Gasteiger partial charge in [0.15, 0.2) is 5.78 Å². The number of piperidine rings is 1. The highest BCUT2D eigenvalue weighted by atomic mass is 19.4. The number of benzene rings is 1. The van der Waals surface area contributed by atoms with Crippen LogP contribution >= 0.6 is 0 Å². The van der Waals surface area contributed by atoms with Crippen LogP contribution in [0.4, 0.5) is 13.2 Å². The van der Waals surface area contributed by atoms with E-state index in [1.165, 1.54) is 12.1 Å². The van der Waals surface area contributed by atoms with Gasteiger partial charge in [-0.25, -0.2) is 0 Å². The topological polar surface area (TPSA) is 25.2 Å². The van der Waals surface area contributed by atoms with Crippen molar-refractivity contribution in [3.63, 3.8) is 0 Å². The third-order valence-corrected chi connectivity index (χ3v) is 5.65. The Labute approximate surface area is 164 Å². The lowest BCUT2D eigenvalue weighted by Crippen LogP contribution is -2.35. The first kappa shape index (κ1) is 20.6. The van der Waals surface area contributed by atoms with E-state index in [4.69, 9.17) is 0 Å². The third-order valence-electron chi connectivity index (χ3n) is 5.65. The SMILES string of the molecule is CC(=O)c1cc(CN2CCC[C@H](CCc3ccccc3C(F)(F)F)C2)n(C)c1. The van der Waals surface area contributed by atoms with Gasteiger partial charge in [0.1, 0.15) is 0 Å². The smallest absolute Gasteiger partial charge is 0.353 e. The number of likely N-dealkylation sites (tertiary alicyclic amines) is 1. The lowest BCUT2D eigenvalue weighted by molar-refractivity contribution is -0.138. The van der Waals surface area contributed by atoms with E-state index in [0.717, 1.165) is 50.2 Å². The average molecular weight is 392 g/mol. The predicted octanol–water partition coefficient (Wildman–Crippen LogP) is 5.09. The van der Waals surface area contributed by atoms with Gasteiger partial charge in [0.2, 0.25) is 0 Å². The van der Waals surface area contributed by atoms with Crippen LogP contribution in [0.25, 0.3) is 0 Å². The molecule has 2 aromatic rings. The first-order chi connectivity index (χ1) is 13.2. The van der Waals surface area contributed by atoms with Crippen molar-refractivity contribution in [2.45, 2.75) is 45.3 Å². The Morgan fingerprint density at radius 3 is 2.68 bits per heavy atom. The van der Waals surface area contributed by atoms with Crippen LogP contribution < -0.4 is 0 Å². The summed E-state index contributed by atoms with van der Waals surface area (Å²) in [5.41, 5.74) is 1.69. The molecule has 152 valence electrons. The number of alkyl halides is 3. The molecule has 0 bridgehead atoms. The summed E-state index contributed by atoms with van der Waals surface area (Å²) in [4.78, 5) is 13.9. The van der Waals surface area contributed by atoms with E-state index in [9.17, 15) is 18.0 Å². The average Bonchev–Trinajstić information content (AvgIpc) is 3.01. The maximum absolute atomic E-state index is 13.2. The van der Waals surface area contributed by atoms with Crippen LogP contribution in [-0.4, -0.2) is 28.3 Å². The van der Waals surface area contributed by atoms with Crippen molar-refractivity contribution in [1.29, 1.82) is 0 Å². The second-order valence-electron chi connectivity index (χ2n) is 7.82. The third kappa shape index (κ3) is 5.04. The highest BCUT2D eigenvalue weighted by molar-refractivity contribution is 5.94. The minimum absolute atomic E-state index is 0.0571. The molecule has 2 heterocycles. The van der Waals surface area contributed by atoms with Gasteiger partial charge in [0.05, 0.1) is 5.56 Å². The molecule has 0 spiro atoms. The van der Waals surface area contributed by atoms with E-state index in [-0.39, 0.29) is 5.78 Å². The van der Waals surface area contributed by atoms with Gasteiger partial charge in [-0.3, -0.25) is 9.69 Å². The van der Waals surface area contributed by atoms with Crippen molar-refractivity contribution in [2.75, 3.05) is 13.1 Å². The Kier molecular flexibility index (Phi) is 6.28. The molecule has 0 radical (unpaired) electrons. The normalized spacial score (nSPS) is 18.4. The summed E-state index contributed by atoms with van der Waals surface area (Å²) < 4.78 is 41.5. The van der Waals surface area contributed by atoms with E-state index in [2.05, 4.69) is 4.90 Å². The van der Waals surface area contributed by atoms with Crippen molar-refractivity contribution < 1.29 is 18.0 Å². The van der Waals surface area contributed by atoms with Gasteiger partial charge in [0, 0.05) is 37.6 Å². The summed E-state index contributed by atoms with van der Waals surface area (Å²) in [6.45, 7) is 4.19. The molecule has 28 heavy (non-hydrogen) atoms. The number of carbonyl (C=O) groups excluding carboxylic acids is 1. The molecular weight excluding hydrogens is 365 g/mol. The zero-order valence-electron chi connectivity index (χ0n) is 16.4. The summed E-state index contributed by atoms with van der Waals surface area (Å²) in [5, 5.41) is 0. The molecule has 0 N–H and O–H groups in total. The molecule has 1 aromatic carbocycles. The second kappa shape index (κ2) is 8.52. The summed E-state index contributed by atoms with van der Waals surface area (Å²) in [5.74, 6) is 0.448. The number of halogens is 3. The summed E-state index contributed by atoms with van der Waals surface area (Å²) in [6, 6.07) is 7.83. The van der Waals surface area contributed by atoms with Gasteiger partial charge in [0.25, 0.3) is 0 Å². The number of Topliss-reactive ketones (excluding diaryl/α,β-unsaturated/α-hetero) is 1. The maximum atomic E-state index is 13.2. The Morgan fingerprint density at radius 2 is 2.00 bits per heavy atom. The van der Waals surface area contributed by atoms with E-state index in [0.29, 0.717) is 17.9 Å². The highest BCUT2D eigenvalue weighted by Crippen LogP contribution is 2.33. The molecule has 1 fully saturated rings. The zero-order valence-corrected chi connectivity index (χ0v) is 16.4. The molecule has 1 atom stereocenters. The minimum atomic E-state index is -4.30. The Hall–Kier alpha value is -2.08. The fraction of sp³-hybridized carbons (Fsp3) is 0.500. The van der Waals surface area contributed by atoms with Gasteiger partial charge in [-0.2, -0.15) is 13.2 Å². The number of carbonyl (C=O) groups is 1. The molecule has 3 nitrogen and oxygen atoms in total. The number of hydrogen-bond donors (Lipinski definition) is 0. The van der Waals surface area contributed by atoms with Crippen LogP contribution in [0, 0.1) is 5.92 Å². The van der Waals surface area contributed by atoms with Gasteiger partial charge >= 0.3 is 6.18 Å². The van der Waals surface area contributed by atoms with E-state index >= 15 is 0 Å². The largest absolute Gasteiger partial charge is 0.416 e. The Morgan fingerprint density at radius 1 is 1.25 bits per heavy atom. The number of aryl methyl sites for hydroxylation is 2. The summed E-state index contributed by atoms with van der Waals surface area (Å²) >= 11 is 0. The van der Waals surface area contributed by atoms with E-state index in [1.807, 2.05) is 23.9 Å². The fourth-order valence-corrected chi connectivity index (χ4v) is 4.09. The van der Waals surface area contributed by atoms with Gasteiger partial charge in [-0.1, -0.05) is 18.2 Å². The summed E-state index contributed by atoms with van der Waals surface area (Å²) in [6.07, 6.45) is 0.873. The first-order valence-electron chi connectivity index (χ1n) is 9.77. The maximum Gasteiger partial charge on any atom is 0.416 e. The van der Waals surface area contributed by atoms with Crippen LogP contribution in [-0.2, 0) is 26.2 Å². The van der Waals surface area contributed by atoms with Crippen LogP contribution in [0.1, 0.15) is 53.4 Å². The first-order valence-corrected chi connectivity index (χ1v) is 9.77. The number of rotatable bonds is 6.